The third-order valence-corrected chi connectivity index (χ3v) is 7.28. The van der Waals surface area contributed by atoms with Crippen molar-refractivity contribution in [1.29, 1.82) is 0 Å². The maximum absolute atomic E-state index is 13.6. The molecule has 0 fully saturated rings. The van der Waals surface area contributed by atoms with Crippen LogP contribution in [-0.4, -0.2) is 21.2 Å². The van der Waals surface area contributed by atoms with Crippen molar-refractivity contribution in [2.75, 3.05) is 6.79 Å². The van der Waals surface area contributed by atoms with Crippen molar-refractivity contribution in [3.63, 3.8) is 0 Å². The summed E-state index contributed by atoms with van der Waals surface area (Å²) in [4.78, 5) is 7.26. The zero-order chi connectivity index (χ0) is 26.6. The number of hydrogen-bond acceptors (Lipinski definition) is 4. The van der Waals surface area contributed by atoms with E-state index in [1.807, 2.05) is 24.4 Å². The number of nitrogens with zero attached hydrogens (tertiary/aromatic N) is 3. The minimum atomic E-state index is -0.240. The van der Waals surface area contributed by atoms with Gasteiger partial charge in [-0.25, -0.2) is 9.37 Å². The van der Waals surface area contributed by atoms with E-state index in [0.29, 0.717) is 0 Å². The summed E-state index contributed by atoms with van der Waals surface area (Å²) in [7, 11) is 0. The number of hydrogen-bond donors (Lipinski definition) is 0. The molecule has 0 radical (unpaired) electrons. The van der Waals surface area contributed by atoms with Gasteiger partial charge in [0.2, 0.25) is 6.79 Å². The highest BCUT2D eigenvalue weighted by molar-refractivity contribution is 5.85. The van der Waals surface area contributed by atoms with Crippen LogP contribution in [0, 0.1) is 5.82 Å². The maximum atomic E-state index is 13.6. The first-order valence-electron chi connectivity index (χ1n) is 13.6. The summed E-state index contributed by atoms with van der Waals surface area (Å²) in [6.45, 7) is 5.56. The average Bonchev–Trinajstić information content (AvgIpc) is 3.59. The Balaban J connectivity index is 1.35. The molecule has 0 saturated carbocycles. The molecular weight excluding hydrogens is 489 g/mol. The molecule has 0 spiro atoms. The Kier molecular flexibility index (Phi) is 7.28. The van der Waals surface area contributed by atoms with Gasteiger partial charge in [-0.3, -0.25) is 4.90 Å². The van der Waals surface area contributed by atoms with E-state index in [-0.39, 0.29) is 12.6 Å². The van der Waals surface area contributed by atoms with Crippen LogP contribution in [-0.2, 0) is 26.2 Å². The van der Waals surface area contributed by atoms with Gasteiger partial charge in [-0.2, -0.15) is 0 Å². The molecule has 198 valence electrons. The zero-order valence-electron chi connectivity index (χ0n) is 22.1. The second-order valence-corrected chi connectivity index (χ2v) is 10.1. The van der Waals surface area contributed by atoms with Crippen LogP contribution in [0.3, 0.4) is 0 Å². The molecule has 1 aliphatic heterocycles. The van der Waals surface area contributed by atoms with Gasteiger partial charge in [0, 0.05) is 31.7 Å². The highest BCUT2D eigenvalue weighted by Gasteiger charge is 2.19. The molecule has 4 aromatic carbocycles. The van der Waals surface area contributed by atoms with E-state index < -0.39 is 0 Å². The molecule has 0 N–H and O–H groups in total. The van der Waals surface area contributed by atoms with Gasteiger partial charge in [-0.1, -0.05) is 61.9 Å². The molecule has 2 heterocycles. The smallest absolute Gasteiger partial charge is 0.231 e. The van der Waals surface area contributed by atoms with Crippen LogP contribution in [0.5, 0.6) is 11.5 Å². The Hall–Kier alpha value is -4.16. The van der Waals surface area contributed by atoms with E-state index >= 15 is 0 Å². The summed E-state index contributed by atoms with van der Waals surface area (Å²) in [5.41, 5.74) is 4.52. The van der Waals surface area contributed by atoms with Crippen molar-refractivity contribution in [3.8, 4) is 22.9 Å². The summed E-state index contributed by atoms with van der Waals surface area (Å²) in [5.74, 6) is 2.23. The van der Waals surface area contributed by atoms with E-state index in [1.165, 1.54) is 28.5 Å². The fourth-order valence-electron chi connectivity index (χ4n) is 5.30. The number of fused-ring (bicyclic) bond motifs is 2. The molecule has 0 saturated heterocycles. The van der Waals surface area contributed by atoms with E-state index in [1.54, 1.807) is 0 Å². The fraction of sp³-hybridized carbons (Fsp3) is 0.242. The Labute approximate surface area is 228 Å². The molecule has 6 heteroatoms. The van der Waals surface area contributed by atoms with Gasteiger partial charge in [0.1, 0.15) is 11.6 Å². The quantitative estimate of drug-likeness (QED) is 0.190. The molecule has 39 heavy (non-hydrogen) atoms. The normalized spacial score (nSPS) is 12.5. The monoisotopic (exact) mass is 521 g/mol. The van der Waals surface area contributed by atoms with E-state index in [0.717, 1.165) is 73.2 Å². The van der Waals surface area contributed by atoms with Crippen LogP contribution >= 0.6 is 0 Å². The maximum Gasteiger partial charge on any atom is 0.231 e. The predicted molar refractivity (Wildman–Crippen MR) is 152 cm³/mol. The van der Waals surface area contributed by atoms with Crippen LogP contribution < -0.4 is 9.47 Å². The fourth-order valence-corrected chi connectivity index (χ4v) is 5.30. The molecule has 0 amide bonds. The Bertz CT molecular complexity index is 1570. The van der Waals surface area contributed by atoms with Crippen LogP contribution in [0.1, 0.15) is 36.6 Å². The van der Waals surface area contributed by atoms with Crippen LogP contribution in [0.25, 0.3) is 22.2 Å². The lowest BCUT2D eigenvalue weighted by atomic mass is 10.0. The summed E-state index contributed by atoms with van der Waals surface area (Å²) in [5, 5.41) is 2.51. The van der Waals surface area contributed by atoms with Gasteiger partial charge in [0.05, 0.1) is 11.9 Å². The summed E-state index contributed by atoms with van der Waals surface area (Å²) in [6.07, 6.45) is 4.10. The van der Waals surface area contributed by atoms with Crippen molar-refractivity contribution < 1.29 is 13.9 Å². The van der Waals surface area contributed by atoms with Crippen LogP contribution in [0.4, 0.5) is 4.39 Å². The molecule has 1 aliphatic rings. The highest BCUT2D eigenvalue weighted by Crippen LogP contribution is 2.33. The first kappa shape index (κ1) is 25.1. The predicted octanol–water partition coefficient (Wildman–Crippen LogP) is 7.57. The zero-order valence-corrected chi connectivity index (χ0v) is 22.1. The van der Waals surface area contributed by atoms with Gasteiger partial charge in [0.15, 0.2) is 11.5 Å². The molecule has 6 rings (SSSR count). The highest BCUT2D eigenvalue weighted by atomic mass is 19.1. The van der Waals surface area contributed by atoms with Gasteiger partial charge < -0.3 is 14.0 Å². The number of halogens is 1. The Morgan fingerprint density at radius 1 is 0.872 bits per heavy atom. The van der Waals surface area contributed by atoms with Gasteiger partial charge in [-0.15, -0.1) is 0 Å². The molecule has 0 atom stereocenters. The van der Waals surface area contributed by atoms with Crippen molar-refractivity contribution >= 4 is 10.8 Å². The molecule has 0 unspecified atom stereocenters. The van der Waals surface area contributed by atoms with E-state index in [9.17, 15) is 4.39 Å². The van der Waals surface area contributed by atoms with E-state index in [4.69, 9.17) is 14.5 Å². The standard InChI is InChI=1S/C33H32FN3O2/c1-2-3-17-37-29(19-35-33(37)26-12-14-28(34)15-13-26)22-36(20-24-11-16-31-32(18-24)39-23-38-31)21-27-9-6-8-25-7-4-5-10-30(25)27/h4-16,18-19H,2-3,17,20-23H2,1H3. The van der Waals surface area contributed by atoms with Crippen LogP contribution in [0.15, 0.2) is 91.1 Å². The molecule has 0 aliphatic carbocycles. The summed E-state index contributed by atoms with van der Waals surface area (Å²) >= 11 is 0. The number of rotatable bonds is 10. The largest absolute Gasteiger partial charge is 0.454 e. The minimum Gasteiger partial charge on any atom is -0.454 e. The molecule has 0 bridgehead atoms. The SMILES string of the molecule is CCCCn1c(CN(Cc2ccc3c(c2)OCO3)Cc2cccc3ccccc23)cnc1-c1ccc(F)cc1. The third-order valence-electron chi connectivity index (χ3n) is 7.28. The number of imidazole rings is 1. The first-order valence-corrected chi connectivity index (χ1v) is 13.6. The lowest BCUT2D eigenvalue weighted by molar-refractivity contribution is 0.174. The molecule has 5 aromatic rings. The van der Waals surface area contributed by atoms with Crippen molar-refractivity contribution in [3.05, 3.63) is 114 Å². The lowest BCUT2D eigenvalue weighted by Gasteiger charge is -2.24. The second-order valence-electron chi connectivity index (χ2n) is 10.1. The van der Waals surface area contributed by atoms with Gasteiger partial charge in [-0.05, 0) is 64.7 Å². The second kappa shape index (κ2) is 11.3. The van der Waals surface area contributed by atoms with Crippen molar-refractivity contribution in [2.24, 2.45) is 0 Å². The minimum absolute atomic E-state index is 0.240. The molecule has 1 aromatic heterocycles. The number of ether oxygens (including phenoxy) is 2. The summed E-state index contributed by atoms with van der Waals surface area (Å²) in [6, 6.07) is 27.9. The first-order chi connectivity index (χ1) is 19.2. The topological polar surface area (TPSA) is 39.5 Å². The van der Waals surface area contributed by atoms with Crippen molar-refractivity contribution in [1.82, 2.24) is 14.5 Å². The number of unbranched alkanes of at least 4 members (excludes halogenated alkanes) is 1. The van der Waals surface area contributed by atoms with Gasteiger partial charge >= 0.3 is 0 Å². The number of aromatic nitrogens is 2. The lowest BCUT2D eigenvalue weighted by Crippen LogP contribution is -2.24. The van der Waals surface area contributed by atoms with Gasteiger partial charge in [0.25, 0.3) is 0 Å². The average molecular weight is 522 g/mol. The van der Waals surface area contributed by atoms with E-state index in [2.05, 4.69) is 71.0 Å². The van der Waals surface area contributed by atoms with Crippen LogP contribution in [0.2, 0.25) is 0 Å². The summed E-state index contributed by atoms with van der Waals surface area (Å²) < 4.78 is 27.1. The Morgan fingerprint density at radius 3 is 2.56 bits per heavy atom. The Morgan fingerprint density at radius 2 is 1.69 bits per heavy atom. The molecular formula is C33H32FN3O2. The third kappa shape index (κ3) is 5.52. The molecule has 5 nitrogen and oxygen atoms in total. The van der Waals surface area contributed by atoms with Crippen molar-refractivity contribution in [2.45, 2.75) is 45.9 Å². The number of benzene rings is 4.